The van der Waals surface area contributed by atoms with Gasteiger partial charge in [-0.25, -0.2) is 14.8 Å². The van der Waals surface area contributed by atoms with Crippen LogP contribution in [0.5, 0.6) is 0 Å². The van der Waals surface area contributed by atoms with Gasteiger partial charge in [0.05, 0.1) is 12.1 Å². The summed E-state index contributed by atoms with van der Waals surface area (Å²) in [5.74, 6) is -0.840. The quantitative estimate of drug-likeness (QED) is 0.622. The minimum atomic E-state index is -0.537. The Bertz CT molecular complexity index is 566. The van der Waals surface area contributed by atoms with Gasteiger partial charge in [-0.3, -0.25) is 4.79 Å². The fourth-order valence-corrected chi connectivity index (χ4v) is 1.87. The molecule has 0 atom stereocenters. The van der Waals surface area contributed by atoms with E-state index in [-0.39, 0.29) is 23.8 Å². The van der Waals surface area contributed by atoms with Gasteiger partial charge in [0.15, 0.2) is 0 Å². The molecule has 0 spiro atoms. The maximum Gasteiger partial charge on any atom is 0.356 e. The SMILES string of the molecule is CCOC(=O)c1cccc(C(=O)c2cscn2)n1. The number of ketones is 1. The summed E-state index contributed by atoms with van der Waals surface area (Å²) in [5, 5.41) is 1.64. The van der Waals surface area contributed by atoms with Crippen molar-refractivity contribution in [3.05, 3.63) is 46.2 Å². The number of hydrogen-bond acceptors (Lipinski definition) is 6. The van der Waals surface area contributed by atoms with Crippen LogP contribution in [0.4, 0.5) is 0 Å². The van der Waals surface area contributed by atoms with Crippen LogP contribution >= 0.6 is 11.3 Å². The van der Waals surface area contributed by atoms with Crippen LogP contribution in [0.2, 0.25) is 0 Å². The summed E-state index contributed by atoms with van der Waals surface area (Å²) in [4.78, 5) is 31.4. The zero-order chi connectivity index (χ0) is 13.0. The number of rotatable bonds is 4. The molecule has 2 aromatic rings. The third kappa shape index (κ3) is 2.60. The first kappa shape index (κ1) is 12.4. The van der Waals surface area contributed by atoms with E-state index in [1.807, 2.05) is 0 Å². The molecular weight excluding hydrogens is 252 g/mol. The number of nitrogens with zero attached hydrogens (tertiary/aromatic N) is 2. The van der Waals surface area contributed by atoms with Gasteiger partial charge in [-0.2, -0.15) is 0 Å². The minimum absolute atomic E-state index is 0.123. The monoisotopic (exact) mass is 262 g/mol. The van der Waals surface area contributed by atoms with Crippen LogP contribution in [0.3, 0.4) is 0 Å². The summed E-state index contributed by atoms with van der Waals surface area (Å²) in [6.45, 7) is 1.98. The largest absolute Gasteiger partial charge is 0.461 e. The summed E-state index contributed by atoms with van der Waals surface area (Å²) in [6.07, 6.45) is 0. The first-order valence-corrected chi connectivity index (χ1v) is 6.23. The van der Waals surface area contributed by atoms with Crippen LogP contribution in [0.15, 0.2) is 29.1 Å². The van der Waals surface area contributed by atoms with Gasteiger partial charge < -0.3 is 4.74 Å². The van der Waals surface area contributed by atoms with Crippen molar-refractivity contribution < 1.29 is 14.3 Å². The molecule has 2 rings (SSSR count). The second kappa shape index (κ2) is 5.50. The van der Waals surface area contributed by atoms with Crippen LogP contribution < -0.4 is 0 Å². The van der Waals surface area contributed by atoms with E-state index < -0.39 is 5.97 Å². The van der Waals surface area contributed by atoms with Gasteiger partial charge in [0.25, 0.3) is 0 Å². The Morgan fingerprint density at radius 1 is 1.28 bits per heavy atom. The van der Waals surface area contributed by atoms with E-state index in [0.717, 1.165) is 0 Å². The molecule has 0 saturated carbocycles. The van der Waals surface area contributed by atoms with Gasteiger partial charge in [0.2, 0.25) is 5.78 Å². The summed E-state index contributed by atoms with van der Waals surface area (Å²) in [7, 11) is 0. The van der Waals surface area contributed by atoms with Gasteiger partial charge in [0.1, 0.15) is 17.1 Å². The molecule has 0 saturated heterocycles. The van der Waals surface area contributed by atoms with E-state index in [9.17, 15) is 9.59 Å². The zero-order valence-corrected chi connectivity index (χ0v) is 10.4. The van der Waals surface area contributed by atoms with E-state index in [0.29, 0.717) is 5.69 Å². The lowest BCUT2D eigenvalue weighted by Crippen LogP contribution is -2.11. The van der Waals surface area contributed by atoms with Crippen LogP contribution in [0.25, 0.3) is 0 Å². The van der Waals surface area contributed by atoms with Crippen molar-refractivity contribution in [2.45, 2.75) is 6.92 Å². The molecule has 0 bridgehead atoms. The molecule has 2 heterocycles. The standard InChI is InChI=1S/C12H10N2O3S/c1-2-17-12(16)9-5-3-4-8(14-9)11(15)10-6-18-7-13-10/h3-7H,2H2,1H3. The molecule has 92 valence electrons. The Morgan fingerprint density at radius 3 is 2.72 bits per heavy atom. The van der Waals surface area contributed by atoms with Crippen molar-refractivity contribution in [3.8, 4) is 0 Å². The van der Waals surface area contributed by atoms with Gasteiger partial charge >= 0.3 is 5.97 Å². The highest BCUT2D eigenvalue weighted by atomic mass is 32.1. The molecule has 0 radical (unpaired) electrons. The fourth-order valence-electron chi connectivity index (χ4n) is 1.34. The number of pyridine rings is 1. The zero-order valence-electron chi connectivity index (χ0n) is 9.62. The molecule has 0 amide bonds. The van der Waals surface area contributed by atoms with Crippen molar-refractivity contribution >= 4 is 23.1 Å². The number of aromatic nitrogens is 2. The second-order valence-corrected chi connectivity index (χ2v) is 4.05. The predicted octanol–water partition coefficient (Wildman–Crippen LogP) is 1.95. The normalized spacial score (nSPS) is 10.1. The van der Waals surface area contributed by atoms with Gasteiger partial charge in [-0.1, -0.05) is 6.07 Å². The van der Waals surface area contributed by atoms with Crippen LogP contribution in [-0.2, 0) is 4.74 Å². The lowest BCUT2D eigenvalue weighted by molar-refractivity contribution is 0.0519. The summed E-state index contributed by atoms with van der Waals surface area (Å²) < 4.78 is 4.83. The third-order valence-corrected chi connectivity index (χ3v) is 2.72. The highest BCUT2D eigenvalue weighted by Crippen LogP contribution is 2.09. The van der Waals surface area contributed by atoms with Crippen molar-refractivity contribution in [1.82, 2.24) is 9.97 Å². The van der Waals surface area contributed by atoms with Gasteiger partial charge in [-0.15, -0.1) is 11.3 Å². The highest BCUT2D eigenvalue weighted by Gasteiger charge is 2.15. The number of esters is 1. The fraction of sp³-hybridized carbons (Fsp3) is 0.167. The Kier molecular flexibility index (Phi) is 3.78. The molecule has 0 aliphatic rings. The number of carbonyl (C=O) groups is 2. The van der Waals surface area contributed by atoms with Crippen molar-refractivity contribution in [3.63, 3.8) is 0 Å². The molecule has 0 fully saturated rings. The lowest BCUT2D eigenvalue weighted by Gasteiger charge is -2.02. The Morgan fingerprint density at radius 2 is 2.06 bits per heavy atom. The summed E-state index contributed by atoms with van der Waals surface area (Å²) in [6, 6.07) is 4.65. The lowest BCUT2D eigenvalue weighted by atomic mass is 10.2. The smallest absolute Gasteiger partial charge is 0.356 e. The highest BCUT2D eigenvalue weighted by molar-refractivity contribution is 7.07. The van der Waals surface area contributed by atoms with Crippen molar-refractivity contribution in [2.75, 3.05) is 6.61 Å². The number of thiazole rings is 1. The molecule has 6 heteroatoms. The molecule has 2 aromatic heterocycles. The summed E-state index contributed by atoms with van der Waals surface area (Å²) in [5.41, 5.74) is 2.21. The van der Waals surface area contributed by atoms with Crippen LogP contribution in [-0.4, -0.2) is 28.3 Å². The van der Waals surface area contributed by atoms with E-state index in [2.05, 4.69) is 9.97 Å². The predicted molar refractivity (Wildman–Crippen MR) is 65.7 cm³/mol. The van der Waals surface area contributed by atoms with Crippen molar-refractivity contribution in [2.24, 2.45) is 0 Å². The summed E-state index contributed by atoms with van der Waals surface area (Å²) >= 11 is 1.33. The van der Waals surface area contributed by atoms with Crippen LogP contribution in [0, 0.1) is 0 Å². The first-order chi connectivity index (χ1) is 8.72. The van der Waals surface area contributed by atoms with Gasteiger partial charge in [0, 0.05) is 5.38 Å². The number of hydrogen-bond donors (Lipinski definition) is 0. The minimum Gasteiger partial charge on any atom is -0.461 e. The first-order valence-electron chi connectivity index (χ1n) is 5.29. The molecule has 0 aliphatic carbocycles. The Labute approximate surface area is 107 Å². The average Bonchev–Trinajstić information content (AvgIpc) is 2.92. The Hall–Kier alpha value is -2.08. The second-order valence-electron chi connectivity index (χ2n) is 3.33. The van der Waals surface area contributed by atoms with Crippen molar-refractivity contribution in [1.29, 1.82) is 0 Å². The average molecular weight is 262 g/mol. The maximum absolute atomic E-state index is 12.0. The molecule has 0 aromatic carbocycles. The third-order valence-electron chi connectivity index (χ3n) is 2.13. The molecule has 5 nitrogen and oxygen atoms in total. The molecular formula is C12H10N2O3S. The molecule has 0 aliphatic heterocycles. The van der Waals surface area contributed by atoms with Gasteiger partial charge in [-0.05, 0) is 19.1 Å². The Balaban J connectivity index is 2.27. The topological polar surface area (TPSA) is 69.2 Å². The number of ether oxygens (including phenoxy) is 1. The van der Waals surface area contributed by atoms with E-state index in [4.69, 9.17) is 4.74 Å². The molecule has 0 unspecified atom stereocenters. The maximum atomic E-state index is 12.0. The van der Waals surface area contributed by atoms with Crippen LogP contribution in [0.1, 0.15) is 33.6 Å². The molecule has 18 heavy (non-hydrogen) atoms. The van der Waals surface area contributed by atoms with E-state index in [1.165, 1.54) is 17.4 Å². The van der Waals surface area contributed by atoms with E-state index >= 15 is 0 Å². The van der Waals surface area contributed by atoms with E-state index in [1.54, 1.807) is 29.9 Å². The molecule has 0 N–H and O–H groups in total. The number of carbonyl (C=O) groups excluding carboxylic acids is 2.